The summed E-state index contributed by atoms with van der Waals surface area (Å²) in [7, 11) is -2.28. The average Bonchev–Trinajstić information content (AvgIpc) is 2.77. The van der Waals surface area contributed by atoms with Crippen LogP contribution < -0.4 is 9.62 Å². The lowest BCUT2D eigenvalue weighted by atomic mass is 10.1. The zero-order valence-electron chi connectivity index (χ0n) is 17.2. The van der Waals surface area contributed by atoms with Crippen LogP contribution in [0.3, 0.4) is 0 Å². The molecule has 162 valence electrons. The molecule has 0 saturated carbocycles. The molecule has 1 saturated heterocycles. The van der Waals surface area contributed by atoms with Crippen molar-refractivity contribution in [2.75, 3.05) is 37.5 Å². The molecule has 0 atom stereocenters. The Morgan fingerprint density at radius 2 is 1.80 bits per heavy atom. The second kappa shape index (κ2) is 10.3. The zero-order chi connectivity index (χ0) is 21.6. The van der Waals surface area contributed by atoms with Crippen molar-refractivity contribution < 1.29 is 13.2 Å². The monoisotopic (exact) mass is 449 g/mol. The number of nitrogens with one attached hydrogen (secondary N) is 1. The fourth-order valence-electron chi connectivity index (χ4n) is 3.54. The molecule has 1 aliphatic rings. The lowest BCUT2D eigenvalue weighted by Gasteiger charge is -2.26. The fraction of sp³-hybridized carbons (Fsp3) is 0.409. The summed E-state index contributed by atoms with van der Waals surface area (Å²) in [5.41, 5.74) is 0.856. The van der Waals surface area contributed by atoms with Gasteiger partial charge in [0.05, 0.1) is 10.6 Å². The molecule has 1 heterocycles. The molecule has 2 aromatic carbocycles. The van der Waals surface area contributed by atoms with E-state index in [-0.39, 0.29) is 10.8 Å². The van der Waals surface area contributed by atoms with E-state index in [0.717, 1.165) is 26.1 Å². The van der Waals surface area contributed by atoms with E-state index in [4.69, 9.17) is 11.6 Å². The van der Waals surface area contributed by atoms with Gasteiger partial charge in [0.15, 0.2) is 0 Å². The maximum atomic E-state index is 12.9. The molecule has 8 heteroatoms. The molecular weight excluding hydrogens is 422 g/mol. The van der Waals surface area contributed by atoms with Gasteiger partial charge in [-0.05, 0) is 81.4 Å². The van der Waals surface area contributed by atoms with E-state index in [1.807, 2.05) is 0 Å². The molecule has 2 aromatic rings. The molecule has 30 heavy (non-hydrogen) atoms. The minimum Gasteiger partial charge on any atom is -0.352 e. The van der Waals surface area contributed by atoms with Crippen molar-refractivity contribution in [1.82, 2.24) is 10.2 Å². The number of carbonyl (C=O) groups excluding carboxylic acids is 1. The molecule has 0 aliphatic carbocycles. The van der Waals surface area contributed by atoms with Crippen LogP contribution in [0, 0.1) is 0 Å². The number of hydrogen-bond acceptors (Lipinski definition) is 4. The lowest BCUT2D eigenvalue weighted by Crippen LogP contribution is -2.33. The SMILES string of the molecule is CN(c1cccc(C(=O)NCCCN2CCCCC2)c1)S(=O)(=O)c1ccc(Cl)cc1. The van der Waals surface area contributed by atoms with Gasteiger partial charge in [0.2, 0.25) is 0 Å². The van der Waals surface area contributed by atoms with Crippen LogP contribution in [0.25, 0.3) is 0 Å². The van der Waals surface area contributed by atoms with Crippen molar-refractivity contribution in [3.63, 3.8) is 0 Å². The molecule has 0 radical (unpaired) electrons. The Kier molecular flexibility index (Phi) is 7.75. The summed E-state index contributed by atoms with van der Waals surface area (Å²) in [5.74, 6) is -0.201. The number of rotatable bonds is 8. The number of amides is 1. The quantitative estimate of drug-likeness (QED) is 0.623. The van der Waals surface area contributed by atoms with Crippen LogP contribution in [0.15, 0.2) is 53.4 Å². The van der Waals surface area contributed by atoms with Crippen LogP contribution in [0.5, 0.6) is 0 Å². The summed E-state index contributed by atoms with van der Waals surface area (Å²) in [6, 6.07) is 12.6. The molecule has 1 fully saturated rings. The van der Waals surface area contributed by atoms with Crippen molar-refractivity contribution in [3.05, 3.63) is 59.1 Å². The molecule has 0 aromatic heterocycles. The third-order valence-corrected chi connectivity index (χ3v) is 7.38. The van der Waals surface area contributed by atoms with E-state index in [1.54, 1.807) is 24.3 Å². The van der Waals surface area contributed by atoms with Gasteiger partial charge in [-0.2, -0.15) is 0 Å². The number of halogens is 1. The van der Waals surface area contributed by atoms with E-state index >= 15 is 0 Å². The van der Waals surface area contributed by atoms with E-state index in [9.17, 15) is 13.2 Å². The van der Waals surface area contributed by atoms with Crippen molar-refractivity contribution >= 4 is 33.2 Å². The summed E-state index contributed by atoms with van der Waals surface area (Å²) >= 11 is 5.85. The summed E-state index contributed by atoms with van der Waals surface area (Å²) in [6.45, 7) is 3.87. The normalized spacial score (nSPS) is 15.0. The van der Waals surface area contributed by atoms with Crippen LogP contribution >= 0.6 is 11.6 Å². The van der Waals surface area contributed by atoms with E-state index in [2.05, 4.69) is 10.2 Å². The highest BCUT2D eigenvalue weighted by atomic mass is 35.5. The third kappa shape index (κ3) is 5.74. The van der Waals surface area contributed by atoms with Gasteiger partial charge in [-0.3, -0.25) is 9.10 Å². The molecule has 6 nitrogen and oxygen atoms in total. The Bertz CT molecular complexity index is 958. The Hall–Kier alpha value is -2.09. The van der Waals surface area contributed by atoms with Gasteiger partial charge in [-0.25, -0.2) is 8.42 Å². The van der Waals surface area contributed by atoms with Gasteiger partial charge in [0.25, 0.3) is 15.9 Å². The van der Waals surface area contributed by atoms with Crippen LogP contribution in [0.2, 0.25) is 5.02 Å². The van der Waals surface area contributed by atoms with Crippen LogP contribution in [-0.2, 0) is 10.0 Å². The first kappa shape index (κ1) is 22.6. The Labute approximate surface area is 183 Å². The van der Waals surface area contributed by atoms with Crippen molar-refractivity contribution in [3.8, 4) is 0 Å². The molecular formula is C22H28ClN3O3S. The molecule has 1 N–H and O–H groups in total. The number of benzene rings is 2. The molecule has 3 rings (SSSR count). The Morgan fingerprint density at radius 3 is 2.50 bits per heavy atom. The number of sulfonamides is 1. The Morgan fingerprint density at radius 1 is 1.10 bits per heavy atom. The first-order valence-corrected chi connectivity index (χ1v) is 12.0. The summed E-state index contributed by atoms with van der Waals surface area (Å²) < 4.78 is 26.9. The smallest absolute Gasteiger partial charge is 0.264 e. The van der Waals surface area contributed by atoms with E-state index < -0.39 is 10.0 Å². The van der Waals surface area contributed by atoms with Gasteiger partial charge in [0.1, 0.15) is 0 Å². The highest BCUT2D eigenvalue weighted by Gasteiger charge is 2.22. The first-order valence-electron chi connectivity index (χ1n) is 10.2. The summed E-state index contributed by atoms with van der Waals surface area (Å²) in [5, 5.41) is 3.40. The topological polar surface area (TPSA) is 69.7 Å². The lowest BCUT2D eigenvalue weighted by molar-refractivity contribution is 0.0951. The maximum Gasteiger partial charge on any atom is 0.264 e. The number of piperidine rings is 1. The molecule has 1 aliphatic heterocycles. The predicted octanol–water partition coefficient (Wildman–Crippen LogP) is 3.77. The van der Waals surface area contributed by atoms with Crippen molar-refractivity contribution in [1.29, 1.82) is 0 Å². The second-order valence-electron chi connectivity index (χ2n) is 7.49. The van der Waals surface area contributed by atoms with Crippen molar-refractivity contribution in [2.24, 2.45) is 0 Å². The molecule has 0 bridgehead atoms. The Balaban J connectivity index is 1.60. The van der Waals surface area contributed by atoms with E-state index in [1.165, 1.54) is 54.9 Å². The standard InChI is InChI=1S/C22H28ClN3O3S/c1-25(30(28,29)21-11-9-19(23)10-12-21)20-8-5-7-18(17-20)22(27)24-13-6-16-26-14-3-2-4-15-26/h5,7-12,17H,2-4,6,13-16H2,1H3,(H,24,27). The largest absolute Gasteiger partial charge is 0.352 e. The minimum atomic E-state index is -3.75. The zero-order valence-corrected chi connectivity index (χ0v) is 18.8. The second-order valence-corrected chi connectivity index (χ2v) is 9.89. The minimum absolute atomic E-state index is 0.141. The van der Waals surface area contributed by atoms with Gasteiger partial charge < -0.3 is 10.2 Å². The summed E-state index contributed by atoms with van der Waals surface area (Å²) in [4.78, 5) is 15.1. The number of hydrogen-bond donors (Lipinski definition) is 1. The molecule has 0 spiro atoms. The van der Waals surface area contributed by atoms with Crippen LogP contribution in [-0.4, -0.2) is 52.5 Å². The highest BCUT2D eigenvalue weighted by molar-refractivity contribution is 7.92. The number of likely N-dealkylation sites (tertiary alicyclic amines) is 1. The molecule has 1 amide bonds. The fourth-order valence-corrected chi connectivity index (χ4v) is 4.85. The number of carbonyl (C=O) groups is 1. The number of nitrogens with zero attached hydrogens (tertiary/aromatic N) is 2. The van der Waals surface area contributed by atoms with Crippen LogP contribution in [0.1, 0.15) is 36.0 Å². The highest BCUT2D eigenvalue weighted by Crippen LogP contribution is 2.24. The number of anilines is 1. The average molecular weight is 450 g/mol. The van der Waals surface area contributed by atoms with Crippen LogP contribution in [0.4, 0.5) is 5.69 Å². The molecule has 0 unspecified atom stereocenters. The van der Waals surface area contributed by atoms with Crippen molar-refractivity contribution in [2.45, 2.75) is 30.6 Å². The third-order valence-electron chi connectivity index (χ3n) is 5.33. The van der Waals surface area contributed by atoms with Gasteiger partial charge >= 0.3 is 0 Å². The van der Waals surface area contributed by atoms with Gasteiger partial charge in [-0.15, -0.1) is 0 Å². The van der Waals surface area contributed by atoms with E-state index in [0.29, 0.717) is 22.8 Å². The maximum absolute atomic E-state index is 12.9. The summed E-state index contributed by atoms with van der Waals surface area (Å²) in [6.07, 6.45) is 4.72. The predicted molar refractivity (Wildman–Crippen MR) is 121 cm³/mol. The van der Waals surface area contributed by atoms with Gasteiger partial charge in [-0.1, -0.05) is 24.1 Å². The first-order chi connectivity index (χ1) is 14.4. The van der Waals surface area contributed by atoms with Gasteiger partial charge in [0, 0.05) is 24.2 Å².